The van der Waals surface area contributed by atoms with Gasteiger partial charge in [0.25, 0.3) is 9.05 Å². The molecule has 0 unspecified atom stereocenters. The molecule has 0 heterocycles. The molecule has 1 rings (SSSR count). The average Bonchev–Trinajstić information content (AvgIpc) is 2.32. The standard InChI is InChI=1S/C11H14ClNO6S/c1-3-18-4-5-19-10-6-8(2)11(20(12,16)17)7-9(10)13(14)15/h6-7H,3-5H2,1-2H3. The number of hydrogen-bond donors (Lipinski definition) is 0. The summed E-state index contributed by atoms with van der Waals surface area (Å²) < 4.78 is 32.9. The third kappa shape index (κ3) is 4.32. The van der Waals surface area contributed by atoms with Crippen LogP contribution in [0.3, 0.4) is 0 Å². The van der Waals surface area contributed by atoms with Crippen molar-refractivity contribution in [1.29, 1.82) is 0 Å². The first-order valence-electron chi connectivity index (χ1n) is 5.71. The van der Waals surface area contributed by atoms with Gasteiger partial charge in [-0.1, -0.05) is 0 Å². The van der Waals surface area contributed by atoms with Crippen LogP contribution in [-0.2, 0) is 13.8 Å². The van der Waals surface area contributed by atoms with Crippen LogP contribution in [0, 0.1) is 17.0 Å². The molecule has 0 atom stereocenters. The van der Waals surface area contributed by atoms with Gasteiger partial charge < -0.3 is 9.47 Å². The van der Waals surface area contributed by atoms with Crippen molar-refractivity contribution < 1.29 is 22.8 Å². The maximum Gasteiger partial charge on any atom is 0.312 e. The first kappa shape index (κ1) is 16.7. The topological polar surface area (TPSA) is 95.7 Å². The summed E-state index contributed by atoms with van der Waals surface area (Å²) in [5, 5.41) is 11.0. The molecule has 0 aliphatic heterocycles. The average molecular weight is 324 g/mol. The smallest absolute Gasteiger partial charge is 0.312 e. The lowest BCUT2D eigenvalue weighted by molar-refractivity contribution is -0.386. The number of aryl methyl sites for hydroxylation is 1. The number of hydrogen-bond acceptors (Lipinski definition) is 6. The number of nitrogens with zero attached hydrogens (tertiary/aromatic N) is 1. The molecule has 0 saturated carbocycles. The molecule has 1 aromatic carbocycles. The summed E-state index contributed by atoms with van der Waals surface area (Å²) in [7, 11) is 1.18. The summed E-state index contributed by atoms with van der Waals surface area (Å²) in [4.78, 5) is 9.93. The van der Waals surface area contributed by atoms with Gasteiger partial charge in [-0.15, -0.1) is 0 Å². The van der Waals surface area contributed by atoms with Crippen molar-refractivity contribution >= 4 is 25.4 Å². The van der Waals surface area contributed by atoms with E-state index in [2.05, 4.69) is 0 Å². The Morgan fingerprint density at radius 1 is 1.35 bits per heavy atom. The largest absolute Gasteiger partial charge is 0.484 e. The lowest BCUT2D eigenvalue weighted by Gasteiger charge is -2.09. The lowest BCUT2D eigenvalue weighted by Crippen LogP contribution is -2.08. The van der Waals surface area contributed by atoms with Crippen molar-refractivity contribution in [1.82, 2.24) is 0 Å². The number of nitro groups is 1. The van der Waals surface area contributed by atoms with E-state index in [0.29, 0.717) is 6.61 Å². The highest BCUT2D eigenvalue weighted by molar-refractivity contribution is 8.13. The summed E-state index contributed by atoms with van der Waals surface area (Å²) >= 11 is 0. The third-order valence-corrected chi connectivity index (χ3v) is 3.87. The van der Waals surface area contributed by atoms with Crippen LogP contribution in [0.5, 0.6) is 5.75 Å². The molecule has 1 aromatic rings. The summed E-state index contributed by atoms with van der Waals surface area (Å²) in [5.41, 5.74) is -0.177. The van der Waals surface area contributed by atoms with E-state index in [0.717, 1.165) is 6.07 Å². The second-order valence-corrected chi connectivity index (χ2v) is 6.36. The molecule has 112 valence electrons. The van der Waals surface area contributed by atoms with Crippen LogP contribution in [0.4, 0.5) is 5.69 Å². The molecular formula is C11H14ClNO6S. The minimum absolute atomic E-state index is 0.0173. The van der Waals surface area contributed by atoms with Crippen LogP contribution in [0.2, 0.25) is 0 Å². The number of halogens is 1. The van der Waals surface area contributed by atoms with E-state index in [1.807, 2.05) is 6.92 Å². The Hall–Kier alpha value is -1.38. The Labute approximate surface area is 121 Å². The molecule has 0 N–H and O–H groups in total. The predicted molar refractivity (Wildman–Crippen MR) is 72.9 cm³/mol. The second kappa shape index (κ2) is 6.87. The summed E-state index contributed by atoms with van der Waals surface area (Å²) in [5.74, 6) is -0.0173. The molecule has 20 heavy (non-hydrogen) atoms. The maximum absolute atomic E-state index is 11.3. The Morgan fingerprint density at radius 3 is 2.50 bits per heavy atom. The van der Waals surface area contributed by atoms with Gasteiger partial charge in [0.1, 0.15) is 6.61 Å². The zero-order valence-electron chi connectivity index (χ0n) is 11.0. The van der Waals surface area contributed by atoms with E-state index in [1.54, 1.807) is 0 Å². The highest BCUT2D eigenvalue weighted by Gasteiger charge is 2.23. The Kier molecular flexibility index (Phi) is 5.73. The number of ether oxygens (including phenoxy) is 2. The third-order valence-electron chi connectivity index (χ3n) is 2.41. The van der Waals surface area contributed by atoms with E-state index in [-0.39, 0.29) is 29.4 Å². The van der Waals surface area contributed by atoms with Crippen LogP contribution in [0.1, 0.15) is 12.5 Å². The number of rotatable bonds is 7. The Balaban J connectivity index is 3.12. The van der Waals surface area contributed by atoms with Gasteiger partial charge >= 0.3 is 5.69 Å². The molecule has 9 heteroatoms. The lowest BCUT2D eigenvalue weighted by atomic mass is 10.2. The molecular weight excluding hydrogens is 310 g/mol. The normalized spacial score (nSPS) is 11.3. The quantitative estimate of drug-likeness (QED) is 0.330. The van der Waals surface area contributed by atoms with Crippen molar-refractivity contribution in [3.8, 4) is 5.75 Å². The van der Waals surface area contributed by atoms with Crippen LogP contribution < -0.4 is 4.74 Å². The predicted octanol–water partition coefficient (Wildman–Crippen LogP) is 2.25. The summed E-state index contributed by atoms with van der Waals surface area (Å²) in [6, 6.07) is 2.17. The van der Waals surface area contributed by atoms with Gasteiger partial charge in [0.2, 0.25) is 0 Å². The Bertz CT molecular complexity index is 601. The molecule has 0 saturated heterocycles. The van der Waals surface area contributed by atoms with Crippen LogP contribution >= 0.6 is 10.7 Å². The van der Waals surface area contributed by atoms with Crippen molar-refractivity contribution in [3.63, 3.8) is 0 Å². The molecule has 0 aliphatic rings. The first-order chi connectivity index (χ1) is 9.27. The van der Waals surface area contributed by atoms with Crippen LogP contribution in [0.15, 0.2) is 17.0 Å². The molecule has 0 aliphatic carbocycles. The van der Waals surface area contributed by atoms with Gasteiger partial charge in [-0.05, 0) is 25.5 Å². The maximum atomic E-state index is 11.3. The van der Waals surface area contributed by atoms with E-state index < -0.39 is 19.7 Å². The van der Waals surface area contributed by atoms with E-state index in [4.69, 9.17) is 20.2 Å². The molecule has 0 aromatic heterocycles. The fraction of sp³-hybridized carbons (Fsp3) is 0.455. The van der Waals surface area contributed by atoms with E-state index >= 15 is 0 Å². The molecule has 0 fully saturated rings. The minimum atomic E-state index is -4.05. The van der Waals surface area contributed by atoms with Gasteiger partial charge in [-0.2, -0.15) is 0 Å². The van der Waals surface area contributed by atoms with Crippen molar-refractivity contribution in [2.75, 3.05) is 19.8 Å². The molecule has 7 nitrogen and oxygen atoms in total. The number of benzene rings is 1. The minimum Gasteiger partial charge on any atom is -0.484 e. The van der Waals surface area contributed by atoms with Gasteiger partial charge in [-0.25, -0.2) is 8.42 Å². The monoisotopic (exact) mass is 323 g/mol. The van der Waals surface area contributed by atoms with Gasteiger partial charge in [0, 0.05) is 23.4 Å². The molecule has 0 bridgehead atoms. The van der Waals surface area contributed by atoms with Gasteiger partial charge in [-0.3, -0.25) is 10.1 Å². The Morgan fingerprint density at radius 2 is 2.00 bits per heavy atom. The zero-order chi connectivity index (χ0) is 15.3. The van der Waals surface area contributed by atoms with Crippen LogP contribution in [0.25, 0.3) is 0 Å². The summed E-state index contributed by atoms with van der Waals surface area (Å²) in [6.07, 6.45) is 0. The van der Waals surface area contributed by atoms with Crippen LogP contribution in [-0.4, -0.2) is 33.2 Å². The fourth-order valence-corrected chi connectivity index (χ4v) is 2.72. The highest BCUT2D eigenvalue weighted by Crippen LogP contribution is 2.33. The van der Waals surface area contributed by atoms with Crippen molar-refractivity contribution in [2.45, 2.75) is 18.7 Å². The zero-order valence-corrected chi connectivity index (χ0v) is 12.5. The van der Waals surface area contributed by atoms with Gasteiger partial charge in [0.05, 0.1) is 16.4 Å². The molecule has 0 spiro atoms. The SMILES string of the molecule is CCOCCOc1cc(C)c(S(=O)(=O)Cl)cc1[N+](=O)[O-]. The van der Waals surface area contributed by atoms with E-state index in [9.17, 15) is 18.5 Å². The molecule has 0 radical (unpaired) electrons. The van der Waals surface area contributed by atoms with Gasteiger partial charge in [0.15, 0.2) is 5.75 Å². The highest BCUT2D eigenvalue weighted by atomic mass is 35.7. The van der Waals surface area contributed by atoms with Crippen molar-refractivity contribution in [3.05, 3.63) is 27.8 Å². The second-order valence-electron chi connectivity index (χ2n) is 3.83. The first-order valence-corrected chi connectivity index (χ1v) is 8.02. The van der Waals surface area contributed by atoms with E-state index in [1.165, 1.54) is 13.0 Å². The fourth-order valence-electron chi connectivity index (χ4n) is 1.53. The number of nitro benzene ring substituents is 1. The van der Waals surface area contributed by atoms with Crippen molar-refractivity contribution in [2.24, 2.45) is 0 Å². The summed E-state index contributed by atoms with van der Waals surface area (Å²) in [6.45, 7) is 4.21. The molecule has 0 amide bonds.